The molecule has 4 bridgehead atoms. The van der Waals surface area contributed by atoms with Crippen LogP contribution in [0.1, 0.15) is 147 Å². The molecule has 5 aromatic rings. The number of rotatable bonds is 4. The van der Waals surface area contributed by atoms with E-state index in [-0.39, 0.29) is 27.1 Å². The van der Waals surface area contributed by atoms with Crippen LogP contribution in [0.15, 0.2) is 103 Å². The molecule has 0 atom stereocenters. The minimum atomic E-state index is 0.0653. The molecule has 1 heteroatoms. The van der Waals surface area contributed by atoms with Crippen molar-refractivity contribution in [1.29, 1.82) is 0 Å². The zero-order valence-corrected chi connectivity index (χ0v) is 35.9. The van der Waals surface area contributed by atoms with Crippen LogP contribution in [0.2, 0.25) is 0 Å². The summed E-state index contributed by atoms with van der Waals surface area (Å²) in [5.74, 6) is 3.37. The zero-order chi connectivity index (χ0) is 39.3. The van der Waals surface area contributed by atoms with Gasteiger partial charge in [-0.1, -0.05) is 134 Å². The predicted molar refractivity (Wildman–Crippen MR) is 240 cm³/mol. The molecular weight excluding hydrogens is 687 g/mol. The van der Waals surface area contributed by atoms with Crippen LogP contribution in [0.3, 0.4) is 0 Å². The lowest BCUT2D eigenvalue weighted by Crippen LogP contribution is -2.55. The van der Waals surface area contributed by atoms with Crippen LogP contribution in [0.25, 0.3) is 22.3 Å². The molecule has 0 unspecified atom stereocenters. The Kier molecular flexibility index (Phi) is 7.58. The van der Waals surface area contributed by atoms with Gasteiger partial charge in [0.25, 0.3) is 0 Å². The van der Waals surface area contributed by atoms with E-state index in [0.717, 1.165) is 23.7 Å². The monoisotopic (exact) mass is 749 g/mol. The van der Waals surface area contributed by atoms with Crippen LogP contribution in [0.4, 0.5) is 17.1 Å². The van der Waals surface area contributed by atoms with E-state index in [1.165, 1.54) is 119 Å². The molecule has 5 aromatic carbocycles. The van der Waals surface area contributed by atoms with Crippen molar-refractivity contribution in [2.24, 2.45) is 23.7 Å². The van der Waals surface area contributed by atoms with Crippen molar-refractivity contribution in [2.45, 2.75) is 140 Å². The van der Waals surface area contributed by atoms with Crippen molar-refractivity contribution in [1.82, 2.24) is 0 Å². The first-order valence-corrected chi connectivity index (χ1v) is 22.6. The Hall–Kier alpha value is -4.10. The Labute approximate surface area is 343 Å². The third-order valence-electron chi connectivity index (χ3n) is 17.1. The van der Waals surface area contributed by atoms with Crippen LogP contribution in [0.5, 0.6) is 0 Å². The second kappa shape index (κ2) is 12.0. The molecule has 1 nitrogen and oxygen atoms in total. The highest BCUT2D eigenvalue weighted by Gasteiger charge is 2.62. The highest BCUT2D eigenvalue weighted by atomic mass is 15.2. The number of benzene rings is 5. The minimum Gasteiger partial charge on any atom is -0.310 e. The summed E-state index contributed by atoms with van der Waals surface area (Å²) in [5, 5.41) is 0. The smallest absolute Gasteiger partial charge is 0.0502 e. The van der Waals surface area contributed by atoms with Gasteiger partial charge in [-0.25, -0.2) is 0 Å². The van der Waals surface area contributed by atoms with Gasteiger partial charge in [0.2, 0.25) is 0 Å². The Bertz CT molecular complexity index is 2330. The number of hydrogen-bond acceptors (Lipinski definition) is 1. The normalized spacial score (nSPS) is 28.7. The van der Waals surface area contributed by atoms with Crippen LogP contribution in [0, 0.1) is 23.7 Å². The summed E-state index contributed by atoms with van der Waals surface area (Å²) in [5.41, 5.74) is 19.7. The van der Waals surface area contributed by atoms with Gasteiger partial charge in [-0.3, -0.25) is 0 Å². The van der Waals surface area contributed by atoms with Gasteiger partial charge in [0.05, 0.1) is 11.4 Å². The average Bonchev–Trinajstić information content (AvgIpc) is 3.49. The predicted octanol–water partition coefficient (Wildman–Crippen LogP) is 15.2. The van der Waals surface area contributed by atoms with Crippen molar-refractivity contribution in [3.63, 3.8) is 0 Å². The molecule has 0 aromatic heterocycles. The molecule has 0 aliphatic heterocycles. The van der Waals surface area contributed by atoms with Gasteiger partial charge in [0.15, 0.2) is 0 Å². The van der Waals surface area contributed by atoms with Crippen molar-refractivity contribution in [2.75, 3.05) is 4.90 Å². The first-order chi connectivity index (χ1) is 27.2. The van der Waals surface area contributed by atoms with Crippen molar-refractivity contribution in [3.05, 3.63) is 137 Å². The second-order valence-electron chi connectivity index (χ2n) is 22.3. The van der Waals surface area contributed by atoms with Gasteiger partial charge in [-0.05, 0) is 183 Å². The maximum absolute atomic E-state index is 2.69. The van der Waals surface area contributed by atoms with Gasteiger partial charge in [0.1, 0.15) is 0 Å². The molecule has 292 valence electrons. The number of nitrogens with zero attached hydrogens (tertiary/aromatic N) is 1. The fourth-order valence-corrected chi connectivity index (χ4v) is 14.4. The molecule has 0 saturated heterocycles. The van der Waals surface area contributed by atoms with Crippen LogP contribution in [-0.2, 0) is 27.1 Å². The summed E-state index contributed by atoms with van der Waals surface area (Å²) in [6.07, 6.45) is 11.9. The largest absolute Gasteiger partial charge is 0.310 e. The van der Waals surface area contributed by atoms with E-state index in [4.69, 9.17) is 0 Å². The van der Waals surface area contributed by atoms with E-state index in [9.17, 15) is 0 Å². The Morgan fingerprint density at radius 1 is 0.404 bits per heavy atom. The van der Waals surface area contributed by atoms with Gasteiger partial charge < -0.3 is 4.90 Å². The maximum Gasteiger partial charge on any atom is 0.0502 e. The number of anilines is 3. The van der Waals surface area contributed by atoms with Gasteiger partial charge in [-0.15, -0.1) is 0 Å². The van der Waals surface area contributed by atoms with Crippen LogP contribution in [-0.4, -0.2) is 0 Å². The van der Waals surface area contributed by atoms with Crippen LogP contribution < -0.4 is 4.90 Å². The molecule has 0 amide bonds. The third-order valence-corrected chi connectivity index (χ3v) is 17.1. The minimum absolute atomic E-state index is 0.0653. The first-order valence-electron chi connectivity index (χ1n) is 22.6. The molecule has 7 aliphatic carbocycles. The molecule has 0 radical (unpaired) electrons. The summed E-state index contributed by atoms with van der Waals surface area (Å²) in [4.78, 5) is 2.69. The Balaban J connectivity index is 1.11. The fraction of sp³-hybridized carbons (Fsp3) is 0.464. The van der Waals surface area contributed by atoms with E-state index >= 15 is 0 Å². The quantitative estimate of drug-likeness (QED) is 0.177. The number of hydrogen-bond donors (Lipinski definition) is 0. The van der Waals surface area contributed by atoms with Crippen LogP contribution >= 0.6 is 0 Å². The summed E-state index contributed by atoms with van der Waals surface area (Å²) in [7, 11) is 0. The Morgan fingerprint density at radius 2 is 0.860 bits per heavy atom. The summed E-state index contributed by atoms with van der Waals surface area (Å²) in [6.45, 7) is 19.8. The van der Waals surface area contributed by atoms with Crippen molar-refractivity contribution < 1.29 is 0 Å². The lowest BCUT2D eigenvalue weighted by Gasteiger charge is -2.61. The molecular formula is C56H63N. The standard InChI is InChI=1S/C56H63N/c1-52(2)26-28-54(5,6)50-45(52)18-12-20-47(50)57(48-21-13-19-46-51(48)55(7,8)29-27-53(46,3)4)40-24-22-37(23-25-40)41-15-11-16-43-42-14-9-10-17-44(42)56(49(41)43)38-31-35-30-36(33-38)34-39(56)32-35/h9-25,35-36,38-39H,26-34H2,1-8H3. The molecule has 7 aliphatic rings. The van der Waals surface area contributed by atoms with Gasteiger partial charge in [-0.2, -0.15) is 0 Å². The van der Waals surface area contributed by atoms with Gasteiger partial charge in [0, 0.05) is 11.1 Å². The van der Waals surface area contributed by atoms with E-state index in [2.05, 4.69) is 163 Å². The van der Waals surface area contributed by atoms with Crippen molar-refractivity contribution >= 4 is 17.1 Å². The summed E-state index contributed by atoms with van der Waals surface area (Å²) < 4.78 is 0. The zero-order valence-electron chi connectivity index (χ0n) is 35.9. The SMILES string of the molecule is CC1(C)CCC(C)(C)c2c(N(c3ccc(-c4cccc5c4C4(c6ccccc6-5)C5CC6CC(C5)CC4C6)cc3)c3cccc4c3C(C)(C)CCC4(C)C)cccc21. The van der Waals surface area contributed by atoms with E-state index in [0.29, 0.717) is 0 Å². The molecule has 57 heavy (non-hydrogen) atoms. The molecule has 4 saturated carbocycles. The molecule has 0 N–H and O–H groups in total. The van der Waals surface area contributed by atoms with Crippen molar-refractivity contribution in [3.8, 4) is 22.3 Å². The highest BCUT2D eigenvalue weighted by molar-refractivity contribution is 5.90. The molecule has 1 spiro atoms. The summed E-state index contributed by atoms with van der Waals surface area (Å²) >= 11 is 0. The van der Waals surface area contributed by atoms with E-state index < -0.39 is 0 Å². The van der Waals surface area contributed by atoms with E-state index in [1.54, 1.807) is 11.1 Å². The average molecular weight is 750 g/mol. The second-order valence-corrected chi connectivity index (χ2v) is 22.3. The fourth-order valence-electron chi connectivity index (χ4n) is 14.4. The maximum atomic E-state index is 2.69. The highest BCUT2D eigenvalue weighted by Crippen LogP contribution is 2.70. The van der Waals surface area contributed by atoms with E-state index in [1.807, 2.05) is 0 Å². The Morgan fingerprint density at radius 3 is 1.42 bits per heavy atom. The number of fused-ring (bicyclic) bond motifs is 5. The lowest BCUT2D eigenvalue weighted by molar-refractivity contribution is -0.0397. The molecule has 4 fully saturated rings. The molecule has 0 heterocycles. The van der Waals surface area contributed by atoms with Gasteiger partial charge >= 0.3 is 0 Å². The third kappa shape index (κ3) is 4.99. The lowest BCUT2D eigenvalue weighted by atomic mass is 9.42. The first kappa shape index (κ1) is 36.0. The topological polar surface area (TPSA) is 3.24 Å². The summed E-state index contributed by atoms with van der Waals surface area (Å²) in [6, 6.07) is 41.2. The molecule has 12 rings (SSSR count).